The Morgan fingerprint density at radius 1 is 0.825 bits per heavy atom. The van der Waals surface area contributed by atoms with Crippen LogP contribution < -0.4 is 4.90 Å². The van der Waals surface area contributed by atoms with Crippen LogP contribution >= 0.6 is 0 Å². The van der Waals surface area contributed by atoms with Gasteiger partial charge in [-0.1, -0.05) is 44.2 Å². The average Bonchev–Trinajstić information content (AvgIpc) is 2.95. The number of halogens is 5. The highest BCUT2D eigenvalue weighted by atomic mass is 19.2. The Morgan fingerprint density at radius 2 is 1.45 bits per heavy atom. The van der Waals surface area contributed by atoms with Crippen molar-refractivity contribution in [3.63, 3.8) is 0 Å². The molecule has 3 aromatic carbocycles. The fourth-order valence-electron chi connectivity index (χ4n) is 4.45. The second-order valence-corrected chi connectivity index (χ2v) is 9.96. The van der Waals surface area contributed by atoms with Crippen LogP contribution in [-0.4, -0.2) is 22.9 Å². The highest BCUT2D eigenvalue weighted by molar-refractivity contribution is 5.94. The Morgan fingerprint density at radius 3 is 2.08 bits per heavy atom. The predicted octanol–water partition coefficient (Wildman–Crippen LogP) is 7.03. The number of likely N-dealkylation sites (N-methyl/N-ethyl adjacent to an activating group) is 1. The van der Waals surface area contributed by atoms with Crippen molar-refractivity contribution in [2.24, 2.45) is 5.92 Å². The van der Waals surface area contributed by atoms with Crippen LogP contribution in [-0.2, 0) is 30.5 Å². The van der Waals surface area contributed by atoms with Crippen LogP contribution in [0.15, 0.2) is 60.8 Å². The third kappa shape index (κ3) is 6.35. The van der Waals surface area contributed by atoms with Crippen molar-refractivity contribution in [1.29, 1.82) is 0 Å². The molecular weight excluding hydrogens is 525 g/mol. The standard InChI is InChI=1S/C31H28F5N3O/c1-18(2)15-22-23(28(34)30(36)29(35)27(22)33)16-26(40)39(3)31-24(14-9-19-7-5-4-6-8-19)38-25(17-37-31)20-10-12-21(32)13-11-20/h4-8,10-13,17-18H,9,14-16H2,1-3H3. The number of aromatic nitrogens is 2. The van der Waals surface area contributed by atoms with Crippen LogP contribution in [0.3, 0.4) is 0 Å². The first kappa shape index (κ1) is 28.9. The average molecular weight is 554 g/mol. The number of hydrogen-bond acceptors (Lipinski definition) is 3. The van der Waals surface area contributed by atoms with Crippen LogP contribution in [0, 0.1) is 35.0 Å². The van der Waals surface area contributed by atoms with E-state index in [1.165, 1.54) is 25.4 Å². The summed E-state index contributed by atoms with van der Waals surface area (Å²) in [6, 6.07) is 15.3. The number of rotatable bonds is 9. The summed E-state index contributed by atoms with van der Waals surface area (Å²) in [4.78, 5) is 23.6. The molecule has 0 atom stereocenters. The SMILES string of the molecule is CC(C)Cc1c(F)c(F)c(F)c(F)c1CC(=O)N(C)c1ncc(-c2ccc(F)cc2)nc1CCc1ccccc1. The van der Waals surface area contributed by atoms with Gasteiger partial charge in [0.2, 0.25) is 5.91 Å². The summed E-state index contributed by atoms with van der Waals surface area (Å²) in [5.74, 6) is -8.07. The van der Waals surface area contributed by atoms with Crippen LogP contribution in [0.25, 0.3) is 11.3 Å². The predicted molar refractivity (Wildman–Crippen MR) is 143 cm³/mol. The van der Waals surface area contributed by atoms with Gasteiger partial charge in [0.05, 0.1) is 24.0 Å². The van der Waals surface area contributed by atoms with E-state index in [1.807, 2.05) is 30.3 Å². The van der Waals surface area contributed by atoms with Crippen molar-refractivity contribution in [2.75, 3.05) is 11.9 Å². The van der Waals surface area contributed by atoms with Gasteiger partial charge in [0.25, 0.3) is 0 Å². The molecule has 4 aromatic rings. The largest absolute Gasteiger partial charge is 0.298 e. The molecule has 40 heavy (non-hydrogen) atoms. The summed E-state index contributed by atoms with van der Waals surface area (Å²) in [6.07, 6.45) is 1.59. The zero-order valence-corrected chi connectivity index (χ0v) is 22.3. The minimum atomic E-state index is -1.96. The number of benzene rings is 3. The van der Waals surface area contributed by atoms with E-state index < -0.39 is 47.0 Å². The normalized spacial score (nSPS) is 11.2. The summed E-state index contributed by atoms with van der Waals surface area (Å²) in [7, 11) is 1.41. The summed E-state index contributed by atoms with van der Waals surface area (Å²) < 4.78 is 71.1. The maximum atomic E-state index is 14.8. The van der Waals surface area contributed by atoms with E-state index in [0.29, 0.717) is 29.8 Å². The molecule has 4 rings (SSSR count). The lowest BCUT2D eigenvalue weighted by Crippen LogP contribution is -2.31. The molecule has 0 N–H and O–H groups in total. The summed E-state index contributed by atoms with van der Waals surface area (Å²) in [6.45, 7) is 3.43. The van der Waals surface area contributed by atoms with Gasteiger partial charge >= 0.3 is 0 Å². The molecule has 0 bridgehead atoms. The van der Waals surface area contributed by atoms with Crippen LogP contribution in [0.5, 0.6) is 0 Å². The van der Waals surface area contributed by atoms with Crippen molar-refractivity contribution < 1.29 is 26.7 Å². The summed E-state index contributed by atoms with van der Waals surface area (Å²) in [5.41, 5.74) is 1.66. The van der Waals surface area contributed by atoms with Crippen molar-refractivity contribution in [1.82, 2.24) is 9.97 Å². The molecule has 0 aliphatic carbocycles. The fraction of sp³-hybridized carbons (Fsp3) is 0.258. The number of nitrogens with zero attached hydrogens (tertiary/aromatic N) is 3. The quantitative estimate of drug-likeness (QED) is 0.127. The van der Waals surface area contributed by atoms with Gasteiger partial charge in [0, 0.05) is 18.2 Å². The highest BCUT2D eigenvalue weighted by Gasteiger charge is 2.28. The van der Waals surface area contributed by atoms with E-state index in [0.717, 1.165) is 10.5 Å². The van der Waals surface area contributed by atoms with Gasteiger partial charge in [-0.15, -0.1) is 0 Å². The van der Waals surface area contributed by atoms with Crippen molar-refractivity contribution in [3.8, 4) is 11.3 Å². The highest BCUT2D eigenvalue weighted by Crippen LogP contribution is 2.29. The van der Waals surface area contributed by atoms with Gasteiger partial charge in [-0.2, -0.15) is 0 Å². The van der Waals surface area contributed by atoms with Gasteiger partial charge in [-0.25, -0.2) is 31.9 Å². The first-order valence-corrected chi connectivity index (χ1v) is 12.8. The molecule has 9 heteroatoms. The molecule has 0 saturated heterocycles. The van der Waals surface area contributed by atoms with Gasteiger partial charge in [0.1, 0.15) is 5.82 Å². The Labute approximate surface area is 229 Å². The van der Waals surface area contributed by atoms with Crippen molar-refractivity contribution in [2.45, 2.75) is 39.5 Å². The summed E-state index contributed by atoms with van der Waals surface area (Å²) in [5, 5.41) is 0. The van der Waals surface area contributed by atoms with Gasteiger partial charge in [-0.05, 0) is 60.6 Å². The molecule has 0 aliphatic rings. The maximum Gasteiger partial charge on any atom is 0.232 e. The van der Waals surface area contributed by atoms with E-state index >= 15 is 0 Å². The molecule has 0 spiro atoms. The Kier molecular flexibility index (Phi) is 8.92. The molecule has 0 unspecified atom stereocenters. The molecule has 1 amide bonds. The lowest BCUT2D eigenvalue weighted by atomic mass is 9.94. The lowest BCUT2D eigenvalue weighted by Gasteiger charge is -2.21. The fourth-order valence-corrected chi connectivity index (χ4v) is 4.45. The Balaban J connectivity index is 1.69. The van der Waals surface area contributed by atoms with Crippen LogP contribution in [0.1, 0.15) is 36.2 Å². The number of carbonyl (C=O) groups excluding carboxylic acids is 1. The van der Waals surface area contributed by atoms with Gasteiger partial charge in [0.15, 0.2) is 29.1 Å². The molecule has 0 radical (unpaired) electrons. The number of aryl methyl sites for hydroxylation is 2. The van der Waals surface area contributed by atoms with Gasteiger partial charge in [-0.3, -0.25) is 9.69 Å². The molecule has 1 aromatic heterocycles. The monoisotopic (exact) mass is 553 g/mol. The third-order valence-electron chi connectivity index (χ3n) is 6.56. The first-order valence-electron chi connectivity index (χ1n) is 12.8. The Hall–Kier alpha value is -4.14. The molecule has 4 nitrogen and oxygen atoms in total. The van der Waals surface area contributed by atoms with E-state index in [4.69, 9.17) is 4.98 Å². The third-order valence-corrected chi connectivity index (χ3v) is 6.56. The molecule has 0 fully saturated rings. The summed E-state index contributed by atoms with van der Waals surface area (Å²) >= 11 is 0. The lowest BCUT2D eigenvalue weighted by molar-refractivity contribution is -0.117. The second kappa shape index (κ2) is 12.4. The van der Waals surface area contributed by atoms with Crippen LogP contribution in [0.4, 0.5) is 27.8 Å². The number of amides is 1. The Bertz CT molecular complexity index is 1510. The van der Waals surface area contributed by atoms with Crippen molar-refractivity contribution in [3.05, 3.63) is 112 Å². The zero-order valence-electron chi connectivity index (χ0n) is 22.3. The maximum absolute atomic E-state index is 14.8. The molecule has 208 valence electrons. The molecule has 0 aliphatic heterocycles. The molecule has 1 heterocycles. The number of anilines is 1. The second-order valence-electron chi connectivity index (χ2n) is 9.96. The van der Waals surface area contributed by atoms with E-state index in [9.17, 15) is 26.7 Å². The van der Waals surface area contributed by atoms with E-state index in [2.05, 4.69) is 4.98 Å². The van der Waals surface area contributed by atoms with E-state index in [-0.39, 0.29) is 23.7 Å². The molecular formula is C31H28F5N3O. The van der Waals surface area contributed by atoms with Crippen molar-refractivity contribution >= 4 is 11.7 Å². The minimum Gasteiger partial charge on any atom is -0.298 e. The number of carbonyl (C=O) groups is 1. The zero-order chi connectivity index (χ0) is 29.0. The van der Waals surface area contributed by atoms with Crippen LogP contribution in [0.2, 0.25) is 0 Å². The molecule has 0 saturated carbocycles. The first-order chi connectivity index (χ1) is 19.1. The topological polar surface area (TPSA) is 46.1 Å². The van der Waals surface area contributed by atoms with E-state index in [1.54, 1.807) is 26.0 Å². The smallest absolute Gasteiger partial charge is 0.232 e. The number of hydrogen-bond donors (Lipinski definition) is 0. The van der Waals surface area contributed by atoms with Gasteiger partial charge < -0.3 is 0 Å². The minimum absolute atomic E-state index is 0.0826.